The molecule has 136 valence electrons. The maximum atomic E-state index is 14.2. The van der Waals surface area contributed by atoms with Crippen LogP contribution in [0.5, 0.6) is 5.75 Å². The first kappa shape index (κ1) is 18.7. The van der Waals surface area contributed by atoms with Gasteiger partial charge in [0.05, 0.1) is 18.4 Å². The number of aliphatic imine (C=N–C) groups is 1. The average Bonchev–Trinajstić information content (AvgIpc) is 3.04. The predicted molar refractivity (Wildman–Crippen MR) is 104 cm³/mol. The number of ether oxygens (including phenoxy) is 1. The Morgan fingerprint density at radius 1 is 1.35 bits per heavy atom. The zero-order valence-corrected chi connectivity index (χ0v) is 16.0. The third-order valence-electron chi connectivity index (χ3n) is 4.12. The van der Waals surface area contributed by atoms with Crippen LogP contribution in [0.2, 0.25) is 5.02 Å². The van der Waals surface area contributed by atoms with Gasteiger partial charge in [-0.25, -0.2) is 9.38 Å². The molecule has 0 bridgehead atoms. The number of amides is 1. The third kappa shape index (κ3) is 3.86. The number of hydrogen-bond donors (Lipinski definition) is 0. The fourth-order valence-electron chi connectivity index (χ4n) is 2.67. The Morgan fingerprint density at radius 3 is 2.69 bits per heavy atom. The summed E-state index contributed by atoms with van der Waals surface area (Å²) in [6.45, 7) is 2.00. The number of benzene rings is 2. The number of nitrogens with zero attached hydrogens (tertiary/aromatic N) is 2. The van der Waals surface area contributed by atoms with E-state index < -0.39 is 11.7 Å². The lowest BCUT2D eigenvalue weighted by molar-refractivity contribution is 0.0815. The minimum Gasteiger partial charge on any atom is -0.497 e. The van der Waals surface area contributed by atoms with Crippen molar-refractivity contribution in [2.75, 3.05) is 12.9 Å². The second kappa shape index (κ2) is 8.10. The normalized spacial score (nSPS) is 18.4. The highest BCUT2D eigenvalue weighted by molar-refractivity contribution is 8.14. The second-order valence-electron chi connectivity index (χ2n) is 5.76. The van der Waals surface area contributed by atoms with Crippen molar-refractivity contribution in [3.8, 4) is 5.75 Å². The smallest absolute Gasteiger partial charge is 0.263 e. The van der Waals surface area contributed by atoms with Gasteiger partial charge in [0.1, 0.15) is 11.6 Å². The number of carbonyl (C=O) groups is 1. The summed E-state index contributed by atoms with van der Waals surface area (Å²) in [6, 6.07) is 11.3. The molecule has 2 aromatic carbocycles. The van der Waals surface area contributed by atoms with Crippen molar-refractivity contribution < 1.29 is 13.9 Å². The average molecular weight is 393 g/mol. The first-order valence-electron chi connectivity index (χ1n) is 8.17. The van der Waals surface area contributed by atoms with E-state index in [1.165, 1.54) is 23.9 Å². The van der Waals surface area contributed by atoms with Gasteiger partial charge in [-0.1, -0.05) is 30.3 Å². The second-order valence-corrected chi connectivity index (χ2v) is 7.19. The summed E-state index contributed by atoms with van der Waals surface area (Å²) in [5.41, 5.74) is 0.706. The molecule has 1 fully saturated rings. The van der Waals surface area contributed by atoms with Crippen molar-refractivity contribution >= 4 is 40.1 Å². The summed E-state index contributed by atoms with van der Waals surface area (Å²) in [6.07, 6.45) is 0.760. The number of halogens is 2. The van der Waals surface area contributed by atoms with Crippen LogP contribution in [-0.2, 0) is 0 Å². The van der Waals surface area contributed by atoms with E-state index in [1.807, 2.05) is 19.1 Å². The predicted octanol–water partition coefficient (Wildman–Crippen LogP) is 5.14. The molecule has 1 aliphatic rings. The highest BCUT2D eigenvalue weighted by Gasteiger charge is 2.35. The highest BCUT2D eigenvalue weighted by atomic mass is 35.5. The lowest BCUT2D eigenvalue weighted by Crippen LogP contribution is -2.39. The Hall–Kier alpha value is -2.05. The van der Waals surface area contributed by atoms with Crippen LogP contribution in [0, 0.1) is 5.82 Å². The van der Waals surface area contributed by atoms with Crippen LogP contribution in [0.25, 0.3) is 0 Å². The van der Waals surface area contributed by atoms with Crippen LogP contribution < -0.4 is 4.74 Å². The lowest BCUT2D eigenvalue weighted by Gasteiger charge is -2.23. The number of carbonyl (C=O) groups excluding carboxylic acids is 1. The molecular formula is C19H18ClFN2O2S. The maximum absolute atomic E-state index is 14.2. The standard InChI is InChI=1S/C19H18ClFN2O2S/c1-3-14-11-26-19(22-13-5-7-15(25-2)8-6-13)23(14)18(24)16-9-4-12(20)10-17(16)21/h4-10,14H,3,11H2,1-2H3. The molecule has 1 unspecified atom stereocenters. The highest BCUT2D eigenvalue weighted by Crippen LogP contribution is 2.31. The molecule has 2 aromatic rings. The number of hydrogen-bond acceptors (Lipinski definition) is 4. The van der Waals surface area contributed by atoms with Crippen LogP contribution in [-0.4, -0.2) is 34.9 Å². The third-order valence-corrected chi connectivity index (χ3v) is 5.46. The van der Waals surface area contributed by atoms with E-state index >= 15 is 0 Å². The van der Waals surface area contributed by atoms with E-state index in [1.54, 1.807) is 24.1 Å². The zero-order chi connectivity index (χ0) is 18.7. The molecule has 1 aliphatic heterocycles. The van der Waals surface area contributed by atoms with Gasteiger partial charge >= 0.3 is 0 Å². The lowest BCUT2D eigenvalue weighted by atomic mass is 10.1. The van der Waals surface area contributed by atoms with Crippen molar-refractivity contribution in [3.05, 3.63) is 58.9 Å². The van der Waals surface area contributed by atoms with Crippen molar-refractivity contribution in [1.29, 1.82) is 0 Å². The van der Waals surface area contributed by atoms with Gasteiger partial charge in [0.15, 0.2) is 5.17 Å². The topological polar surface area (TPSA) is 41.9 Å². The fraction of sp³-hybridized carbons (Fsp3) is 0.263. The molecule has 0 saturated carbocycles. The van der Waals surface area contributed by atoms with Gasteiger partial charge in [0, 0.05) is 16.8 Å². The number of thioether (sulfide) groups is 1. The van der Waals surface area contributed by atoms with Gasteiger partial charge in [-0.15, -0.1) is 0 Å². The quantitative estimate of drug-likeness (QED) is 0.723. The van der Waals surface area contributed by atoms with Crippen LogP contribution >= 0.6 is 23.4 Å². The Morgan fingerprint density at radius 2 is 2.08 bits per heavy atom. The molecule has 0 aromatic heterocycles. The minimum atomic E-state index is -0.627. The van der Waals surface area contributed by atoms with Crippen molar-refractivity contribution in [3.63, 3.8) is 0 Å². The molecule has 0 spiro atoms. The van der Waals surface area contributed by atoms with E-state index in [9.17, 15) is 9.18 Å². The van der Waals surface area contributed by atoms with E-state index in [4.69, 9.17) is 16.3 Å². The van der Waals surface area contributed by atoms with Gasteiger partial charge < -0.3 is 4.74 Å². The van der Waals surface area contributed by atoms with E-state index in [-0.39, 0.29) is 16.6 Å². The minimum absolute atomic E-state index is 0.00205. The summed E-state index contributed by atoms with van der Waals surface area (Å²) in [7, 11) is 1.60. The van der Waals surface area contributed by atoms with Crippen molar-refractivity contribution in [2.45, 2.75) is 19.4 Å². The van der Waals surface area contributed by atoms with E-state index in [0.717, 1.165) is 24.0 Å². The Balaban J connectivity index is 1.94. The van der Waals surface area contributed by atoms with Gasteiger partial charge in [-0.3, -0.25) is 9.69 Å². The van der Waals surface area contributed by atoms with Crippen molar-refractivity contribution in [2.24, 2.45) is 4.99 Å². The van der Waals surface area contributed by atoms with Crippen LogP contribution in [0.3, 0.4) is 0 Å². The van der Waals surface area contributed by atoms with Gasteiger partial charge in [-0.2, -0.15) is 0 Å². The summed E-state index contributed by atoms with van der Waals surface area (Å²) in [5.74, 6) is 0.434. The zero-order valence-electron chi connectivity index (χ0n) is 14.4. The Bertz CT molecular complexity index is 842. The largest absolute Gasteiger partial charge is 0.497 e. The fourth-order valence-corrected chi connectivity index (χ4v) is 4.10. The molecule has 7 heteroatoms. The van der Waals surface area contributed by atoms with E-state index in [2.05, 4.69) is 4.99 Å². The van der Waals surface area contributed by atoms with E-state index in [0.29, 0.717) is 10.9 Å². The molecule has 0 aliphatic carbocycles. The number of amidine groups is 1. The summed E-state index contributed by atoms with van der Waals surface area (Å²) in [4.78, 5) is 19.2. The van der Waals surface area contributed by atoms with Gasteiger partial charge in [0.2, 0.25) is 0 Å². The van der Waals surface area contributed by atoms with Gasteiger partial charge in [0.25, 0.3) is 5.91 Å². The molecule has 0 radical (unpaired) electrons. The molecule has 1 saturated heterocycles. The molecule has 4 nitrogen and oxygen atoms in total. The Labute approximate surface area is 161 Å². The molecule has 1 heterocycles. The van der Waals surface area contributed by atoms with Crippen LogP contribution in [0.4, 0.5) is 10.1 Å². The molecular weight excluding hydrogens is 375 g/mol. The number of rotatable bonds is 4. The summed E-state index contributed by atoms with van der Waals surface area (Å²) >= 11 is 7.29. The SMILES string of the molecule is CCC1CSC(=Nc2ccc(OC)cc2)N1C(=O)c1ccc(Cl)cc1F. The maximum Gasteiger partial charge on any atom is 0.263 e. The van der Waals surface area contributed by atoms with Crippen molar-refractivity contribution in [1.82, 2.24) is 4.90 Å². The van der Waals surface area contributed by atoms with Crippen LogP contribution in [0.1, 0.15) is 23.7 Å². The number of methoxy groups -OCH3 is 1. The summed E-state index contributed by atoms with van der Waals surface area (Å²) < 4.78 is 19.4. The Kier molecular flexibility index (Phi) is 5.84. The summed E-state index contributed by atoms with van der Waals surface area (Å²) in [5, 5.41) is 0.829. The first-order valence-corrected chi connectivity index (χ1v) is 9.54. The van der Waals surface area contributed by atoms with Gasteiger partial charge in [-0.05, 0) is 48.9 Å². The molecule has 26 heavy (non-hydrogen) atoms. The molecule has 3 rings (SSSR count). The first-order chi connectivity index (χ1) is 12.5. The molecule has 1 atom stereocenters. The monoisotopic (exact) mass is 392 g/mol. The molecule has 1 amide bonds. The van der Waals surface area contributed by atoms with Crippen LogP contribution in [0.15, 0.2) is 47.5 Å². The molecule has 0 N–H and O–H groups in total.